The molecule has 0 spiro atoms. The number of nitrogens with one attached hydrogen (secondary N) is 2. The van der Waals surface area contributed by atoms with E-state index in [0.717, 1.165) is 79.8 Å². The lowest BCUT2D eigenvalue weighted by molar-refractivity contribution is -0.386. The van der Waals surface area contributed by atoms with Crippen molar-refractivity contribution in [1.82, 2.24) is 0 Å². The number of rotatable bonds is 13. The van der Waals surface area contributed by atoms with E-state index in [-0.39, 0.29) is 32.8 Å². The molecule has 21 heteroatoms. The van der Waals surface area contributed by atoms with Gasteiger partial charge in [0.15, 0.2) is 5.75 Å². The molecule has 15 nitrogen and oxygen atoms in total. The molecule has 0 unspecified atom stereocenters. The Balaban J connectivity index is 0.000000674. The quantitative estimate of drug-likeness (QED) is 0.0562. The molecule has 12 rings (SSSR count). The molecule has 1 amide bonds. The molecule has 0 fully saturated rings. The summed E-state index contributed by atoms with van der Waals surface area (Å²) in [4.78, 5) is 42.9. The molecule has 12 aromatic rings. The second kappa shape index (κ2) is 60.8. The van der Waals surface area contributed by atoms with Crippen molar-refractivity contribution >= 4 is 110 Å². The van der Waals surface area contributed by atoms with Crippen LogP contribution in [-0.4, -0.2) is 54.5 Å². The normalized spacial score (nSPS) is 9.64. The van der Waals surface area contributed by atoms with E-state index in [1.807, 2.05) is 129 Å². The van der Waals surface area contributed by atoms with E-state index in [4.69, 9.17) is 80.1 Å². The average Bonchev–Trinajstić information content (AvgIpc) is 0.852. The molecule has 658 valence electrons. The van der Waals surface area contributed by atoms with Gasteiger partial charge in [-0.1, -0.05) is 272 Å². The Morgan fingerprint density at radius 2 is 0.748 bits per heavy atom. The maximum atomic E-state index is 10.8. The van der Waals surface area contributed by atoms with Crippen molar-refractivity contribution in [1.29, 1.82) is 0 Å². The van der Waals surface area contributed by atoms with E-state index in [1.54, 1.807) is 69.3 Å². The number of ether oxygens (including phenoxy) is 1. The lowest BCUT2D eigenvalue weighted by Crippen LogP contribution is -2.07. The molecule has 0 heterocycles. The Hall–Kier alpha value is -10.6. The summed E-state index contributed by atoms with van der Waals surface area (Å²) in [7, 11) is 4.09. The highest BCUT2D eigenvalue weighted by Gasteiger charge is 2.15. The molecule has 0 atom stereocenters. The van der Waals surface area contributed by atoms with Crippen molar-refractivity contribution in [2.75, 3.05) is 49.3 Å². The van der Waals surface area contributed by atoms with Gasteiger partial charge in [0.1, 0.15) is 0 Å². The van der Waals surface area contributed by atoms with Crippen molar-refractivity contribution in [2.24, 2.45) is 5.73 Å². The summed E-state index contributed by atoms with van der Waals surface area (Å²) in [6.07, 6.45) is 3.55. The topological polar surface area (TPSA) is 209 Å². The highest BCUT2D eigenvalue weighted by atomic mass is 35.5. The van der Waals surface area contributed by atoms with Gasteiger partial charge in [0.2, 0.25) is 5.91 Å². The Bertz CT molecular complexity index is 4990. The summed E-state index contributed by atoms with van der Waals surface area (Å²) in [6.45, 7) is 43.7. The maximum Gasteiger partial charge on any atom is 0.311 e. The summed E-state index contributed by atoms with van der Waals surface area (Å²) in [5.41, 5.74) is 31.3. The number of nitro benzene ring substituents is 3. The van der Waals surface area contributed by atoms with Crippen LogP contribution in [0.5, 0.6) is 5.75 Å². The first-order valence-corrected chi connectivity index (χ1v) is 42.4. The Morgan fingerprint density at radius 3 is 1.15 bits per heavy atom. The fraction of sp³-hybridized carbons (Fsp3) is 0.284. The molecule has 4 N–H and O–H groups in total. The van der Waals surface area contributed by atoms with Gasteiger partial charge in [0, 0.05) is 94.0 Å². The van der Waals surface area contributed by atoms with Gasteiger partial charge in [-0.25, -0.2) is 0 Å². The number of benzene rings is 12. The number of halogens is 6. The molecule has 0 aliphatic carbocycles. The van der Waals surface area contributed by atoms with Crippen LogP contribution in [0, 0.1) is 162 Å². The average molecular weight is 1790 g/mol. The summed E-state index contributed by atoms with van der Waals surface area (Å²) in [6, 6.07) is 77.6. The van der Waals surface area contributed by atoms with Crippen LogP contribution in [0.15, 0.2) is 243 Å². The molecular weight excluding hydrogens is 1660 g/mol. The Kier molecular flexibility index (Phi) is 54.6. The number of hydrogen-bond acceptors (Lipinski definition) is 11. The summed E-state index contributed by atoms with van der Waals surface area (Å²) >= 11 is 34.1. The van der Waals surface area contributed by atoms with E-state index >= 15 is 0 Å². The standard InChI is InChI=1S/C13H22N2.C10H13NO.C9H11NO3.C9H13N.C9H12.C8H9NO2.2C8H10.3C7H6Cl2.C7H7NO2/c1-11-6-7-12(2)13(10-11)15-9-5-3-4-8-14;1-7-4-5-8(2)10(6-7)11-9(3)12;1-3-13-9-5-4-7(2)6-8(9)10(11)12;1-8-4-6-9(7-5-8)10(2)3;1-7-4-8(2)6-9(3)5-7;1-6-4-3-5-8(7(6)2)9(10)11;1-7-3-5-8(2)6-4-7;1-7-4-3-5-8(2)6-7;1-5-2-6(8)4-7(9)3-5;1-5-2-3-6(8)7(9)4-5;1-5-6(8)3-2-4-7(5)9;1-6-4-2-3-5-7(6)8(9)10/h6-7,10,15H,3-5,8-9,14H2,1-2H3;4-6H,1-3H3,(H,11,12);4-6H,3H2,1-2H3;4-7H,1-3H3;4-6H,1-3H3;3-5H,1-2H3;2*3-6H,1-2H3;3*2-4H,1H3;2-5H,1H3. The van der Waals surface area contributed by atoms with E-state index in [0.29, 0.717) is 38.0 Å². The van der Waals surface area contributed by atoms with Crippen LogP contribution < -0.4 is 26.0 Å². The smallest absolute Gasteiger partial charge is 0.311 e. The van der Waals surface area contributed by atoms with Crippen molar-refractivity contribution in [3.05, 3.63) is 409 Å². The number of aryl methyl sites for hydroxylation is 17. The molecule has 0 aliphatic heterocycles. The minimum Gasteiger partial charge on any atom is -0.487 e. The Labute approximate surface area is 762 Å². The first-order valence-electron chi connectivity index (χ1n) is 40.1. The molecule has 12 aromatic carbocycles. The van der Waals surface area contributed by atoms with Crippen LogP contribution >= 0.6 is 69.6 Å². The zero-order chi connectivity index (χ0) is 93.0. The van der Waals surface area contributed by atoms with Crippen LogP contribution in [0.3, 0.4) is 0 Å². The second-order valence-corrected chi connectivity index (χ2v) is 32.2. The Morgan fingerprint density at radius 1 is 0.358 bits per heavy atom. The molecule has 0 saturated carbocycles. The first-order chi connectivity index (χ1) is 57.9. The summed E-state index contributed by atoms with van der Waals surface area (Å²) < 4.78 is 5.11. The van der Waals surface area contributed by atoms with Crippen LogP contribution in [-0.2, 0) is 4.79 Å². The summed E-state index contributed by atoms with van der Waals surface area (Å²) in [5, 5.41) is 41.5. The number of nitrogens with two attached hydrogens (primary N) is 1. The molecule has 0 aliphatic rings. The number of hydrogen-bond donors (Lipinski definition) is 3. The van der Waals surface area contributed by atoms with Crippen LogP contribution in [0.1, 0.15) is 139 Å². The van der Waals surface area contributed by atoms with Gasteiger partial charge >= 0.3 is 5.69 Å². The number of carbonyl (C=O) groups excluding carboxylic acids is 1. The number of nitrogens with zero attached hydrogens (tertiary/aromatic N) is 4. The van der Waals surface area contributed by atoms with Crippen molar-refractivity contribution in [3.63, 3.8) is 0 Å². The zero-order valence-corrected chi connectivity index (χ0v) is 80.3. The molecule has 0 radical (unpaired) electrons. The largest absolute Gasteiger partial charge is 0.487 e. The summed E-state index contributed by atoms with van der Waals surface area (Å²) in [5.74, 6) is 0.307. The van der Waals surface area contributed by atoms with Gasteiger partial charge in [-0.15, -0.1) is 0 Å². The zero-order valence-electron chi connectivity index (χ0n) is 75.7. The first kappa shape index (κ1) is 110. The predicted octanol–water partition coefficient (Wildman–Crippen LogP) is 30.7. The molecule has 123 heavy (non-hydrogen) atoms. The minimum absolute atomic E-state index is 0.0244. The predicted molar refractivity (Wildman–Crippen MR) is 529 cm³/mol. The van der Waals surface area contributed by atoms with Crippen LogP contribution in [0.4, 0.5) is 34.1 Å². The molecule has 0 saturated heterocycles. The molecular formula is C102H125Cl6N7O8. The maximum absolute atomic E-state index is 10.8. The number of amides is 1. The third-order valence-corrected chi connectivity index (χ3v) is 19.6. The van der Waals surface area contributed by atoms with E-state index in [9.17, 15) is 35.1 Å². The number of nitro groups is 3. The monoisotopic (exact) mass is 1790 g/mol. The van der Waals surface area contributed by atoms with Crippen molar-refractivity contribution < 1.29 is 24.3 Å². The fourth-order valence-corrected chi connectivity index (χ4v) is 12.2. The van der Waals surface area contributed by atoms with Crippen molar-refractivity contribution in [3.8, 4) is 5.75 Å². The van der Waals surface area contributed by atoms with E-state index < -0.39 is 4.92 Å². The minimum atomic E-state index is -0.433. The SMILES string of the molecule is CC(=O)Nc1cc(C)ccc1C.CCOc1ccc(C)cc1[N+](=O)[O-].Cc1c(Cl)cccc1Cl.Cc1cc(C)cc(C)c1.Cc1cc(Cl)cc(Cl)c1.Cc1ccc(C)c(NCCCCCN)c1.Cc1ccc(C)cc1.Cc1ccc(Cl)c(Cl)c1.Cc1ccc(N(C)C)cc1.Cc1cccc(C)c1.Cc1cccc([N+](=O)[O-])c1C.Cc1ccccc1[N+](=O)[O-]. The van der Waals surface area contributed by atoms with Crippen molar-refractivity contribution in [2.45, 2.75) is 165 Å². The van der Waals surface area contributed by atoms with Gasteiger partial charge in [-0.2, -0.15) is 0 Å². The number of carbonyl (C=O) groups is 1. The molecule has 0 aromatic heterocycles. The number of anilines is 3. The third-order valence-electron chi connectivity index (χ3n) is 17.6. The number of para-hydroxylation sites is 1. The van der Waals surface area contributed by atoms with Gasteiger partial charge in [-0.3, -0.25) is 35.1 Å². The lowest BCUT2D eigenvalue weighted by Gasteiger charge is -2.11. The third kappa shape index (κ3) is 49.3. The van der Waals surface area contributed by atoms with Crippen LogP contribution in [0.2, 0.25) is 30.1 Å². The highest BCUT2D eigenvalue weighted by Crippen LogP contribution is 2.29. The fourth-order valence-electron chi connectivity index (χ4n) is 10.8. The van der Waals surface area contributed by atoms with E-state index in [1.165, 1.54) is 105 Å². The van der Waals surface area contributed by atoms with Crippen LogP contribution in [0.25, 0.3) is 0 Å². The van der Waals surface area contributed by atoms with Gasteiger partial charge in [0.05, 0.1) is 31.4 Å². The second-order valence-electron chi connectivity index (χ2n) is 29.7. The lowest BCUT2D eigenvalue weighted by atomic mass is 10.1. The number of unbranched alkanes of at least 4 members (excludes halogenated alkanes) is 2. The highest BCUT2D eigenvalue weighted by molar-refractivity contribution is 6.42. The molecule has 0 bridgehead atoms. The van der Waals surface area contributed by atoms with E-state index in [2.05, 4.69) is 194 Å². The van der Waals surface area contributed by atoms with Gasteiger partial charge < -0.3 is 26.0 Å². The van der Waals surface area contributed by atoms with Gasteiger partial charge in [-0.05, 0) is 281 Å². The van der Waals surface area contributed by atoms with Gasteiger partial charge in [0.25, 0.3) is 11.4 Å².